The molecule has 0 aliphatic carbocycles. The number of hydrogen-bond donors (Lipinski definition) is 1. The maximum absolute atomic E-state index is 8.76. The number of rotatable bonds is 3. The van der Waals surface area contributed by atoms with Crippen LogP contribution in [0.5, 0.6) is 0 Å². The first kappa shape index (κ1) is 11.4. The smallest absolute Gasteiger partial charge is 0.127 e. The molecule has 0 unspecified atom stereocenters. The van der Waals surface area contributed by atoms with Crippen LogP contribution in [0.2, 0.25) is 5.02 Å². The number of nitrogens with zero attached hydrogens (tertiary/aromatic N) is 2. The summed E-state index contributed by atoms with van der Waals surface area (Å²) >= 11 is 6.04. The first-order chi connectivity index (χ1) is 8.29. The van der Waals surface area contributed by atoms with Crippen LogP contribution in [0.15, 0.2) is 42.6 Å². The van der Waals surface area contributed by atoms with E-state index in [9.17, 15) is 0 Å². The fraction of sp³-hybridized carbons (Fsp3) is 0.0769. The van der Waals surface area contributed by atoms with Gasteiger partial charge in [-0.2, -0.15) is 5.26 Å². The Morgan fingerprint density at radius 3 is 2.88 bits per heavy atom. The zero-order valence-corrected chi connectivity index (χ0v) is 9.78. The molecule has 1 aromatic carbocycles. The summed E-state index contributed by atoms with van der Waals surface area (Å²) in [5, 5.41) is 12.6. The second-order valence-electron chi connectivity index (χ2n) is 3.49. The SMILES string of the molecule is N#Cc1ccnc(NCc2ccccc2Cl)c1. The highest BCUT2D eigenvalue weighted by Gasteiger charge is 2.00. The number of pyridine rings is 1. The predicted molar refractivity (Wildman–Crippen MR) is 67.7 cm³/mol. The normalized spacial score (nSPS) is 9.65. The third-order valence-electron chi connectivity index (χ3n) is 2.31. The van der Waals surface area contributed by atoms with Gasteiger partial charge in [-0.25, -0.2) is 4.98 Å². The van der Waals surface area contributed by atoms with Crippen molar-refractivity contribution in [2.24, 2.45) is 0 Å². The largest absolute Gasteiger partial charge is 0.366 e. The van der Waals surface area contributed by atoms with E-state index in [0.717, 1.165) is 10.6 Å². The van der Waals surface area contributed by atoms with Crippen molar-refractivity contribution in [1.29, 1.82) is 5.26 Å². The number of nitrogens with one attached hydrogen (secondary N) is 1. The molecular weight excluding hydrogens is 234 g/mol. The van der Waals surface area contributed by atoms with Crippen LogP contribution in [0.3, 0.4) is 0 Å². The Kier molecular flexibility index (Phi) is 3.59. The molecule has 2 rings (SSSR count). The fourth-order valence-electron chi connectivity index (χ4n) is 1.42. The molecule has 0 aliphatic rings. The molecular formula is C13H10ClN3. The van der Waals surface area contributed by atoms with Gasteiger partial charge >= 0.3 is 0 Å². The fourth-order valence-corrected chi connectivity index (χ4v) is 1.63. The lowest BCUT2D eigenvalue weighted by atomic mass is 10.2. The van der Waals surface area contributed by atoms with Gasteiger partial charge in [0.05, 0.1) is 11.6 Å². The van der Waals surface area contributed by atoms with Crippen LogP contribution >= 0.6 is 11.6 Å². The summed E-state index contributed by atoms with van der Waals surface area (Å²) in [7, 11) is 0. The molecule has 0 saturated carbocycles. The third-order valence-corrected chi connectivity index (χ3v) is 2.68. The van der Waals surface area contributed by atoms with Crippen molar-refractivity contribution in [3.05, 3.63) is 58.7 Å². The van der Waals surface area contributed by atoms with Crippen LogP contribution in [-0.4, -0.2) is 4.98 Å². The molecule has 1 N–H and O–H groups in total. The lowest BCUT2D eigenvalue weighted by Crippen LogP contribution is -2.01. The summed E-state index contributed by atoms with van der Waals surface area (Å²) in [6.45, 7) is 0.585. The zero-order valence-electron chi connectivity index (χ0n) is 9.02. The van der Waals surface area contributed by atoms with E-state index in [0.29, 0.717) is 17.9 Å². The van der Waals surface area contributed by atoms with Crippen molar-refractivity contribution in [2.45, 2.75) is 6.54 Å². The van der Waals surface area contributed by atoms with Gasteiger partial charge in [0.25, 0.3) is 0 Å². The van der Waals surface area contributed by atoms with E-state index < -0.39 is 0 Å². The molecule has 0 fully saturated rings. The summed E-state index contributed by atoms with van der Waals surface area (Å²) in [6, 6.07) is 13.1. The average molecular weight is 244 g/mol. The monoisotopic (exact) mass is 243 g/mol. The molecule has 17 heavy (non-hydrogen) atoms. The number of halogens is 1. The topological polar surface area (TPSA) is 48.7 Å². The van der Waals surface area contributed by atoms with Crippen molar-refractivity contribution in [1.82, 2.24) is 4.98 Å². The molecule has 1 heterocycles. The van der Waals surface area contributed by atoms with E-state index in [1.807, 2.05) is 24.3 Å². The van der Waals surface area contributed by atoms with Crippen molar-refractivity contribution in [2.75, 3.05) is 5.32 Å². The first-order valence-electron chi connectivity index (χ1n) is 5.13. The van der Waals surface area contributed by atoms with E-state index in [2.05, 4.69) is 16.4 Å². The minimum atomic E-state index is 0.585. The molecule has 4 heteroatoms. The predicted octanol–water partition coefficient (Wildman–Crippen LogP) is 3.22. The summed E-state index contributed by atoms with van der Waals surface area (Å²) in [6.07, 6.45) is 1.60. The van der Waals surface area contributed by atoms with Crippen LogP contribution < -0.4 is 5.32 Å². The van der Waals surface area contributed by atoms with E-state index in [4.69, 9.17) is 16.9 Å². The second-order valence-corrected chi connectivity index (χ2v) is 3.89. The molecule has 2 aromatic rings. The minimum Gasteiger partial charge on any atom is -0.366 e. The van der Waals surface area contributed by atoms with E-state index >= 15 is 0 Å². The van der Waals surface area contributed by atoms with E-state index in [-0.39, 0.29) is 0 Å². The highest BCUT2D eigenvalue weighted by Crippen LogP contribution is 2.16. The van der Waals surface area contributed by atoms with Crippen LogP contribution in [0.1, 0.15) is 11.1 Å². The summed E-state index contributed by atoms with van der Waals surface area (Å²) in [5.74, 6) is 0.670. The molecule has 0 saturated heterocycles. The molecule has 0 aliphatic heterocycles. The molecule has 0 spiro atoms. The number of nitriles is 1. The second kappa shape index (κ2) is 5.33. The van der Waals surface area contributed by atoms with Gasteiger partial charge in [0.15, 0.2) is 0 Å². The van der Waals surface area contributed by atoms with Gasteiger partial charge in [0.1, 0.15) is 5.82 Å². The molecule has 1 aromatic heterocycles. The molecule has 0 atom stereocenters. The highest BCUT2D eigenvalue weighted by molar-refractivity contribution is 6.31. The lowest BCUT2D eigenvalue weighted by Gasteiger charge is -2.07. The van der Waals surface area contributed by atoms with Gasteiger partial charge in [0.2, 0.25) is 0 Å². The Bertz CT molecular complexity index is 561. The number of aromatic nitrogens is 1. The average Bonchev–Trinajstić information content (AvgIpc) is 2.38. The molecule has 0 bridgehead atoms. The zero-order chi connectivity index (χ0) is 12.1. The van der Waals surface area contributed by atoms with Gasteiger partial charge in [-0.15, -0.1) is 0 Å². The third kappa shape index (κ3) is 2.96. The highest BCUT2D eigenvalue weighted by atomic mass is 35.5. The van der Waals surface area contributed by atoms with Crippen molar-refractivity contribution >= 4 is 17.4 Å². The summed E-state index contributed by atoms with van der Waals surface area (Å²) in [4.78, 5) is 4.13. The standard InChI is InChI=1S/C13H10ClN3/c14-12-4-2-1-3-11(12)9-17-13-7-10(8-15)5-6-16-13/h1-7H,9H2,(H,16,17). The Balaban J connectivity index is 2.08. The van der Waals surface area contributed by atoms with E-state index in [1.54, 1.807) is 18.3 Å². The van der Waals surface area contributed by atoms with Crippen LogP contribution in [-0.2, 0) is 6.54 Å². The van der Waals surface area contributed by atoms with Crippen molar-refractivity contribution < 1.29 is 0 Å². The summed E-state index contributed by atoms with van der Waals surface area (Å²) < 4.78 is 0. The van der Waals surface area contributed by atoms with Crippen LogP contribution in [0.4, 0.5) is 5.82 Å². The van der Waals surface area contributed by atoms with Gasteiger partial charge in [-0.1, -0.05) is 29.8 Å². The number of hydrogen-bond acceptors (Lipinski definition) is 3. The van der Waals surface area contributed by atoms with Crippen LogP contribution in [0, 0.1) is 11.3 Å². The molecule has 0 amide bonds. The number of benzene rings is 1. The van der Waals surface area contributed by atoms with Crippen molar-refractivity contribution in [3.8, 4) is 6.07 Å². The van der Waals surface area contributed by atoms with Gasteiger partial charge in [-0.05, 0) is 23.8 Å². The molecule has 84 valence electrons. The Morgan fingerprint density at radius 2 is 2.12 bits per heavy atom. The van der Waals surface area contributed by atoms with Gasteiger partial charge in [0, 0.05) is 17.8 Å². The molecule has 0 radical (unpaired) electrons. The lowest BCUT2D eigenvalue weighted by molar-refractivity contribution is 1.11. The van der Waals surface area contributed by atoms with Crippen LogP contribution in [0.25, 0.3) is 0 Å². The Labute approximate surface area is 105 Å². The maximum Gasteiger partial charge on any atom is 0.127 e. The first-order valence-corrected chi connectivity index (χ1v) is 5.51. The maximum atomic E-state index is 8.76. The van der Waals surface area contributed by atoms with E-state index in [1.165, 1.54) is 0 Å². The minimum absolute atomic E-state index is 0.585. The quantitative estimate of drug-likeness (QED) is 0.901. The van der Waals surface area contributed by atoms with Crippen molar-refractivity contribution in [3.63, 3.8) is 0 Å². The Hall–Kier alpha value is -2.05. The Morgan fingerprint density at radius 1 is 1.29 bits per heavy atom. The van der Waals surface area contributed by atoms with Gasteiger partial charge < -0.3 is 5.32 Å². The summed E-state index contributed by atoms with van der Waals surface area (Å²) in [5.41, 5.74) is 1.58. The number of anilines is 1. The molecule has 3 nitrogen and oxygen atoms in total. The van der Waals surface area contributed by atoms with Gasteiger partial charge in [-0.3, -0.25) is 0 Å².